The molecule has 0 spiro atoms. The molecule has 0 rings (SSSR count). The van der Waals surface area contributed by atoms with Gasteiger partial charge in [-0.05, 0) is 12.3 Å². The zero-order chi connectivity index (χ0) is 15.0. The zero-order valence-corrected chi connectivity index (χ0v) is 11.7. The molecule has 0 aromatic heterocycles. The lowest BCUT2D eigenvalue weighted by atomic mass is 10.1. The first-order chi connectivity index (χ1) is 8.77. The van der Waals surface area contributed by atoms with Crippen molar-refractivity contribution in [3.8, 4) is 0 Å². The minimum absolute atomic E-state index is 0.00637. The molecule has 0 bridgehead atoms. The van der Waals surface area contributed by atoms with Gasteiger partial charge in [0.2, 0.25) is 5.91 Å². The normalized spacial score (nSPS) is 13.4. The minimum atomic E-state index is -1.17. The molecule has 0 aliphatic carbocycles. The molecule has 0 heterocycles. The van der Waals surface area contributed by atoms with Gasteiger partial charge in [0.1, 0.15) is 6.04 Å². The van der Waals surface area contributed by atoms with Crippen LogP contribution in [0.1, 0.15) is 33.1 Å². The first kappa shape index (κ1) is 17.2. The third-order valence-corrected chi connectivity index (χ3v) is 2.90. The number of hydrogen-bond donors (Lipinski definition) is 3. The van der Waals surface area contributed by atoms with Gasteiger partial charge < -0.3 is 21.1 Å². The van der Waals surface area contributed by atoms with Gasteiger partial charge in [0.05, 0.1) is 0 Å². The highest BCUT2D eigenvalue weighted by atomic mass is 16.4. The largest absolute Gasteiger partial charge is 0.480 e. The number of hydrogen-bond acceptors (Lipinski definition) is 3. The molecule has 0 aliphatic rings. The van der Waals surface area contributed by atoms with Gasteiger partial charge in [-0.3, -0.25) is 4.79 Å². The summed E-state index contributed by atoms with van der Waals surface area (Å²) in [5, 5.41) is 11.3. The van der Waals surface area contributed by atoms with E-state index in [9.17, 15) is 14.4 Å². The van der Waals surface area contributed by atoms with Crippen LogP contribution in [0.5, 0.6) is 0 Å². The van der Waals surface area contributed by atoms with E-state index in [4.69, 9.17) is 10.8 Å². The summed E-state index contributed by atoms with van der Waals surface area (Å²) in [6.07, 6.45) is 0.849. The third-order valence-electron chi connectivity index (χ3n) is 2.90. The molecular formula is C12H23N3O4. The van der Waals surface area contributed by atoms with Crippen molar-refractivity contribution in [2.75, 3.05) is 13.6 Å². The van der Waals surface area contributed by atoms with Crippen molar-refractivity contribution in [3.05, 3.63) is 0 Å². The summed E-state index contributed by atoms with van der Waals surface area (Å²) in [6, 6.07) is -1.56. The van der Waals surface area contributed by atoms with Crippen LogP contribution in [-0.4, -0.2) is 47.5 Å². The number of carbonyl (C=O) groups excluding carboxylic acids is 2. The smallest absolute Gasteiger partial charge is 0.326 e. The van der Waals surface area contributed by atoms with Gasteiger partial charge in [-0.1, -0.05) is 20.3 Å². The van der Waals surface area contributed by atoms with E-state index in [0.717, 1.165) is 6.42 Å². The van der Waals surface area contributed by atoms with Crippen molar-refractivity contribution < 1.29 is 19.5 Å². The molecule has 0 aliphatic heterocycles. The maximum atomic E-state index is 11.8. The van der Waals surface area contributed by atoms with Crippen LogP contribution in [0.25, 0.3) is 0 Å². The summed E-state index contributed by atoms with van der Waals surface area (Å²) >= 11 is 0. The van der Waals surface area contributed by atoms with E-state index in [2.05, 4.69) is 5.32 Å². The number of urea groups is 1. The number of nitrogens with zero attached hydrogens (tertiary/aromatic N) is 1. The predicted molar refractivity (Wildman–Crippen MR) is 70.5 cm³/mol. The second kappa shape index (κ2) is 8.34. The SMILES string of the molecule is CCC(C)CN(C)C(=O)N[C@@H](CCC(N)=O)C(=O)O. The minimum Gasteiger partial charge on any atom is -0.480 e. The summed E-state index contributed by atoms with van der Waals surface area (Å²) < 4.78 is 0. The standard InChI is InChI=1S/C12H23N3O4/c1-4-8(2)7-15(3)12(19)14-9(11(17)18)5-6-10(13)16/h8-9H,4-7H2,1-3H3,(H2,13,16)(H,14,19)(H,17,18)/t8?,9-/m0/s1. The highest BCUT2D eigenvalue weighted by Crippen LogP contribution is 2.04. The molecular weight excluding hydrogens is 250 g/mol. The zero-order valence-electron chi connectivity index (χ0n) is 11.7. The number of amides is 3. The molecule has 0 saturated carbocycles. The first-order valence-corrected chi connectivity index (χ1v) is 6.30. The summed E-state index contributed by atoms with van der Waals surface area (Å²) in [5.41, 5.74) is 4.96. The fraction of sp³-hybridized carbons (Fsp3) is 0.750. The van der Waals surface area contributed by atoms with Crippen molar-refractivity contribution >= 4 is 17.9 Å². The third kappa shape index (κ3) is 7.28. The number of nitrogens with two attached hydrogens (primary N) is 1. The van der Waals surface area contributed by atoms with E-state index in [1.807, 2.05) is 13.8 Å². The predicted octanol–water partition coefficient (Wildman–Crippen LogP) is 0.393. The van der Waals surface area contributed by atoms with Crippen molar-refractivity contribution in [1.29, 1.82) is 0 Å². The van der Waals surface area contributed by atoms with Crippen LogP contribution < -0.4 is 11.1 Å². The molecule has 19 heavy (non-hydrogen) atoms. The summed E-state index contributed by atoms with van der Waals surface area (Å²) in [6.45, 7) is 4.57. The number of nitrogens with one attached hydrogen (secondary N) is 1. The Hall–Kier alpha value is -1.79. The Morgan fingerprint density at radius 2 is 1.95 bits per heavy atom. The molecule has 0 radical (unpaired) electrons. The number of carboxylic acid groups (broad SMARTS) is 1. The van der Waals surface area contributed by atoms with Gasteiger partial charge in [0.15, 0.2) is 0 Å². The Kier molecular flexibility index (Phi) is 7.55. The average molecular weight is 273 g/mol. The highest BCUT2D eigenvalue weighted by molar-refractivity contribution is 5.83. The van der Waals surface area contributed by atoms with Gasteiger partial charge in [-0.15, -0.1) is 0 Å². The van der Waals surface area contributed by atoms with E-state index in [1.165, 1.54) is 4.90 Å². The average Bonchev–Trinajstić information content (AvgIpc) is 2.32. The molecule has 110 valence electrons. The van der Waals surface area contributed by atoms with Gasteiger partial charge in [-0.2, -0.15) is 0 Å². The molecule has 4 N–H and O–H groups in total. The maximum absolute atomic E-state index is 11.8. The van der Waals surface area contributed by atoms with Gasteiger partial charge >= 0.3 is 12.0 Å². The Balaban J connectivity index is 4.37. The van der Waals surface area contributed by atoms with Crippen LogP contribution in [0.15, 0.2) is 0 Å². The number of aliphatic carboxylic acids is 1. The monoisotopic (exact) mass is 273 g/mol. The number of rotatable bonds is 8. The number of carboxylic acids is 1. The van der Waals surface area contributed by atoms with Crippen molar-refractivity contribution in [3.63, 3.8) is 0 Å². The first-order valence-electron chi connectivity index (χ1n) is 6.30. The lowest BCUT2D eigenvalue weighted by Crippen LogP contribution is -2.47. The highest BCUT2D eigenvalue weighted by Gasteiger charge is 2.22. The van der Waals surface area contributed by atoms with Crippen molar-refractivity contribution in [1.82, 2.24) is 10.2 Å². The summed E-state index contributed by atoms with van der Waals surface area (Å²) in [4.78, 5) is 34.8. The van der Waals surface area contributed by atoms with Gasteiger partial charge in [-0.25, -0.2) is 9.59 Å². The maximum Gasteiger partial charge on any atom is 0.326 e. The Morgan fingerprint density at radius 3 is 2.37 bits per heavy atom. The molecule has 7 heteroatoms. The van der Waals surface area contributed by atoms with E-state index >= 15 is 0 Å². The Labute approximate surface area is 113 Å². The number of carbonyl (C=O) groups is 3. The molecule has 7 nitrogen and oxygen atoms in total. The van der Waals surface area contributed by atoms with Crippen molar-refractivity contribution in [2.24, 2.45) is 11.7 Å². The molecule has 3 amide bonds. The van der Waals surface area contributed by atoms with E-state index in [1.54, 1.807) is 7.05 Å². The van der Waals surface area contributed by atoms with E-state index in [-0.39, 0.29) is 12.8 Å². The summed E-state index contributed by atoms with van der Waals surface area (Å²) in [7, 11) is 1.61. The van der Waals surface area contributed by atoms with Gasteiger partial charge in [0, 0.05) is 20.0 Å². The van der Waals surface area contributed by atoms with Crippen LogP contribution in [-0.2, 0) is 9.59 Å². The second-order valence-corrected chi connectivity index (χ2v) is 4.74. The Bertz CT molecular complexity index is 333. The van der Waals surface area contributed by atoms with Crippen LogP contribution in [0.2, 0.25) is 0 Å². The fourth-order valence-corrected chi connectivity index (χ4v) is 1.48. The van der Waals surface area contributed by atoms with Gasteiger partial charge in [0.25, 0.3) is 0 Å². The van der Waals surface area contributed by atoms with Crippen LogP contribution in [0.3, 0.4) is 0 Å². The fourth-order valence-electron chi connectivity index (χ4n) is 1.48. The lowest BCUT2D eigenvalue weighted by Gasteiger charge is -2.23. The quantitative estimate of drug-likeness (QED) is 0.593. The molecule has 0 aromatic carbocycles. The molecule has 0 fully saturated rings. The Morgan fingerprint density at radius 1 is 1.37 bits per heavy atom. The molecule has 0 saturated heterocycles. The molecule has 2 atom stereocenters. The van der Waals surface area contributed by atoms with E-state index in [0.29, 0.717) is 12.5 Å². The number of primary amides is 1. The second-order valence-electron chi connectivity index (χ2n) is 4.74. The van der Waals surface area contributed by atoms with Crippen LogP contribution in [0.4, 0.5) is 4.79 Å². The molecule has 0 aromatic rings. The van der Waals surface area contributed by atoms with E-state index < -0.39 is 23.9 Å². The topological polar surface area (TPSA) is 113 Å². The van der Waals surface area contributed by atoms with Crippen LogP contribution in [0, 0.1) is 5.92 Å². The molecule has 1 unspecified atom stereocenters. The van der Waals surface area contributed by atoms with Crippen molar-refractivity contribution in [2.45, 2.75) is 39.2 Å². The summed E-state index contributed by atoms with van der Waals surface area (Å²) in [5.74, 6) is -1.43. The lowest BCUT2D eigenvalue weighted by molar-refractivity contribution is -0.139. The van der Waals surface area contributed by atoms with Crippen LogP contribution >= 0.6 is 0 Å².